The maximum Gasteiger partial charge on any atom is 0.231 e. The van der Waals surface area contributed by atoms with Crippen molar-refractivity contribution in [1.82, 2.24) is 25.1 Å². The lowest BCUT2D eigenvalue weighted by Gasteiger charge is -2.16. The lowest BCUT2D eigenvalue weighted by Crippen LogP contribution is -2.22. The number of rotatable bonds is 6. The molecule has 112 valence electrons. The zero-order valence-electron chi connectivity index (χ0n) is 11.8. The molecule has 1 fully saturated rings. The van der Waals surface area contributed by atoms with Crippen molar-refractivity contribution in [3.8, 4) is 0 Å². The minimum atomic E-state index is 0.640. The van der Waals surface area contributed by atoms with Crippen molar-refractivity contribution < 1.29 is 0 Å². The average molecular weight is 323 g/mol. The molecule has 0 aromatic carbocycles. The van der Waals surface area contributed by atoms with E-state index in [2.05, 4.69) is 42.3 Å². The largest absolute Gasteiger partial charge is 0.354 e. The second-order valence-corrected chi connectivity index (χ2v) is 6.72. The molecule has 9 heteroatoms. The molecule has 3 heterocycles. The summed E-state index contributed by atoms with van der Waals surface area (Å²) in [5.41, 5.74) is 1.71. The van der Waals surface area contributed by atoms with E-state index in [0.717, 1.165) is 36.3 Å². The van der Waals surface area contributed by atoms with Crippen LogP contribution in [0.4, 0.5) is 11.9 Å². The van der Waals surface area contributed by atoms with Gasteiger partial charge in [0, 0.05) is 19.6 Å². The number of anilines is 2. The summed E-state index contributed by atoms with van der Waals surface area (Å²) in [6, 6.07) is 0. The second-order valence-electron chi connectivity index (χ2n) is 4.67. The summed E-state index contributed by atoms with van der Waals surface area (Å²) in [6.07, 6.45) is 3.42. The molecule has 0 atom stereocenters. The molecule has 0 spiro atoms. The number of hydrogen-bond acceptors (Lipinski definition) is 9. The van der Waals surface area contributed by atoms with Crippen molar-refractivity contribution in [3.05, 3.63) is 5.51 Å². The van der Waals surface area contributed by atoms with Gasteiger partial charge in [0.2, 0.25) is 17.1 Å². The molecule has 1 saturated heterocycles. The van der Waals surface area contributed by atoms with E-state index in [1.165, 1.54) is 35.9 Å². The third kappa shape index (κ3) is 3.79. The van der Waals surface area contributed by atoms with Crippen molar-refractivity contribution in [2.45, 2.75) is 35.7 Å². The molecule has 1 N–H and O–H groups in total. The highest BCUT2D eigenvalue weighted by Gasteiger charge is 2.18. The molecule has 0 aliphatic carbocycles. The molecule has 21 heavy (non-hydrogen) atoms. The summed E-state index contributed by atoms with van der Waals surface area (Å²) < 4.78 is 0.843. The summed E-state index contributed by atoms with van der Waals surface area (Å²) in [4.78, 5) is 15.8. The minimum absolute atomic E-state index is 0.640. The van der Waals surface area contributed by atoms with Crippen LogP contribution in [0.5, 0.6) is 0 Å². The minimum Gasteiger partial charge on any atom is -0.354 e. The quantitative estimate of drug-likeness (QED) is 0.867. The average Bonchev–Trinajstić information content (AvgIpc) is 3.18. The van der Waals surface area contributed by atoms with Crippen LogP contribution < -0.4 is 10.2 Å². The van der Waals surface area contributed by atoms with E-state index in [9.17, 15) is 0 Å². The number of nitrogens with zero attached hydrogens (tertiary/aromatic N) is 6. The molecule has 1 aliphatic heterocycles. The van der Waals surface area contributed by atoms with Gasteiger partial charge in [-0.25, -0.2) is 0 Å². The highest BCUT2D eigenvalue weighted by Crippen LogP contribution is 2.28. The highest BCUT2D eigenvalue weighted by atomic mass is 32.2. The first kappa shape index (κ1) is 14.5. The molecule has 0 unspecified atom stereocenters. The van der Waals surface area contributed by atoms with Crippen molar-refractivity contribution in [2.24, 2.45) is 0 Å². The van der Waals surface area contributed by atoms with Gasteiger partial charge in [-0.1, -0.05) is 18.3 Å². The molecule has 2 aromatic heterocycles. The third-order valence-corrected chi connectivity index (χ3v) is 4.69. The van der Waals surface area contributed by atoms with E-state index < -0.39 is 0 Å². The molecule has 3 rings (SSSR count). The molecule has 7 nitrogen and oxygen atoms in total. The number of aromatic nitrogens is 5. The SMILES string of the molecule is CCCNc1nc(Sc2nncs2)nc(N2CCCC2)n1. The van der Waals surface area contributed by atoms with E-state index in [0.29, 0.717) is 11.1 Å². The van der Waals surface area contributed by atoms with Crippen LogP contribution in [-0.2, 0) is 0 Å². The molecule has 0 saturated carbocycles. The Kier molecular flexibility index (Phi) is 4.81. The first-order valence-electron chi connectivity index (χ1n) is 7.04. The van der Waals surface area contributed by atoms with Gasteiger partial charge in [-0.05, 0) is 31.0 Å². The molecule has 2 aromatic rings. The maximum atomic E-state index is 4.56. The van der Waals surface area contributed by atoms with Gasteiger partial charge in [-0.15, -0.1) is 10.2 Å². The Hall–Kier alpha value is -1.48. The van der Waals surface area contributed by atoms with Gasteiger partial charge in [0.25, 0.3) is 0 Å². The van der Waals surface area contributed by atoms with E-state index in [1.54, 1.807) is 5.51 Å². The van der Waals surface area contributed by atoms with Crippen LogP contribution in [0.3, 0.4) is 0 Å². The predicted molar refractivity (Wildman–Crippen MR) is 84.1 cm³/mol. The lowest BCUT2D eigenvalue weighted by molar-refractivity contribution is 0.819. The fraction of sp³-hybridized carbons (Fsp3) is 0.583. The van der Waals surface area contributed by atoms with Gasteiger partial charge in [0.15, 0.2) is 4.34 Å². The highest BCUT2D eigenvalue weighted by molar-refractivity contribution is 8.00. The standard InChI is InChI=1S/C12H17N7S2/c1-2-5-13-9-15-10(19-6-3-4-7-19)17-11(16-9)21-12-18-14-8-20-12/h8H,2-7H2,1H3,(H,13,15,16,17). The van der Waals surface area contributed by atoms with E-state index in [1.807, 2.05) is 0 Å². The van der Waals surface area contributed by atoms with Gasteiger partial charge in [-0.3, -0.25) is 0 Å². The van der Waals surface area contributed by atoms with E-state index in [4.69, 9.17) is 0 Å². The molecular formula is C12H17N7S2. The fourth-order valence-corrected chi connectivity index (χ4v) is 3.38. The number of nitrogens with one attached hydrogen (secondary N) is 1. The van der Waals surface area contributed by atoms with Crippen molar-refractivity contribution >= 4 is 35.0 Å². The maximum absolute atomic E-state index is 4.56. The van der Waals surface area contributed by atoms with Crippen LogP contribution in [0, 0.1) is 0 Å². The zero-order chi connectivity index (χ0) is 14.5. The van der Waals surface area contributed by atoms with Gasteiger partial charge >= 0.3 is 0 Å². The van der Waals surface area contributed by atoms with Crippen molar-refractivity contribution in [3.63, 3.8) is 0 Å². The Morgan fingerprint density at radius 3 is 2.86 bits per heavy atom. The Labute approximate surface area is 131 Å². The van der Waals surface area contributed by atoms with Crippen LogP contribution in [0.25, 0.3) is 0 Å². The second kappa shape index (κ2) is 6.99. The van der Waals surface area contributed by atoms with Crippen molar-refractivity contribution in [1.29, 1.82) is 0 Å². The fourth-order valence-electron chi connectivity index (χ4n) is 2.05. The lowest BCUT2D eigenvalue weighted by atomic mass is 10.4. The summed E-state index contributed by atoms with van der Waals surface area (Å²) in [5, 5.41) is 11.8. The van der Waals surface area contributed by atoms with E-state index >= 15 is 0 Å². The Balaban J connectivity index is 1.84. The molecule has 1 aliphatic rings. The normalized spacial score (nSPS) is 14.6. The van der Waals surface area contributed by atoms with Gasteiger partial charge in [0.1, 0.15) is 5.51 Å². The van der Waals surface area contributed by atoms with Gasteiger partial charge in [-0.2, -0.15) is 15.0 Å². The van der Waals surface area contributed by atoms with Crippen LogP contribution in [0.1, 0.15) is 26.2 Å². The van der Waals surface area contributed by atoms with Gasteiger partial charge in [0.05, 0.1) is 0 Å². The van der Waals surface area contributed by atoms with Crippen LogP contribution in [0.15, 0.2) is 15.0 Å². The third-order valence-electron chi connectivity index (χ3n) is 3.04. The predicted octanol–water partition coefficient (Wildman–Crippen LogP) is 2.30. The summed E-state index contributed by atoms with van der Waals surface area (Å²) >= 11 is 2.92. The first-order chi connectivity index (χ1) is 10.3. The molecule has 0 radical (unpaired) electrons. The summed E-state index contributed by atoms with van der Waals surface area (Å²) in [6.45, 7) is 5.00. The molecular weight excluding hydrogens is 306 g/mol. The van der Waals surface area contributed by atoms with Gasteiger partial charge < -0.3 is 10.2 Å². The number of hydrogen-bond donors (Lipinski definition) is 1. The summed E-state index contributed by atoms with van der Waals surface area (Å²) in [7, 11) is 0. The Morgan fingerprint density at radius 2 is 2.14 bits per heavy atom. The van der Waals surface area contributed by atoms with Crippen molar-refractivity contribution in [2.75, 3.05) is 29.9 Å². The van der Waals surface area contributed by atoms with E-state index in [-0.39, 0.29) is 0 Å². The Morgan fingerprint density at radius 1 is 1.29 bits per heavy atom. The molecule has 0 bridgehead atoms. The molecule has 0 amide bonds. The monoisotopic (exact) mass is 323 g/mol. The zero-order valence-corrected chi connectivity index (χ0v) is 13.5. The topological polar surface area (TPSA) is 79.7 Å². The smallest absolute Gasteiger partial charge is 0.231 e. The first-order valence-corrected chi connectivity index (χ1v) is 8.73. The summed E-state index contributed by atoms with van der Waals surface area (Å²) in [5.74, 6) is 1.40. The van der Waals surface area contributed by atoms with Crippen LogP contribution >= 0.6 is 23.1 Å². The van der Waals surface area contributed by atoms with Crippen LogP contribution in [0.2, 0.25) is 0 Å². The Bertz CT molecular complexity index is 569. The van der Waals surface area contributed by atoms with Crippen LogP contribution in [-0.4, -0.2) is 44.8 Å².